The first kappa shape index (κ1) is 9.18. The number of H-pyrrole nitrogens is 1. The van der Waals surface area contributed by atoms with Crippen molar-refractivity contribution >= 4 is 5.84 Å². The van der Waals surface area contributed by atoms with E-state index in [1.807, 2.05) is 13.8 Å². The van der Waals surface area contributed by atoms with Gasteiger partial charge in [0.25, 0.3) is 0 Å². The number of nitrogens with zero attached hydrogens (tertiary/aromatic N) is 3. The lowest BCUT2D eigenvalue weighted by Gasteiger charge is -2.02. The summed E-state index contributed by atoms with van der Waals surface area (Å²) in [5, 5.41) is 6.85. The normalized spacial score (nSPS) is 19.7. The highest BCUT2D eigenvalue weighted by molar-refractivity contribution is 5.85. The number of nitrogens with one attached hydrogen (secondary N) is 1. The second-order valence-corrected chi connectivity index (χ2v) is 3.78. The molecule has 1 aliphatic rings. The van der Waals surface area contributed by atoms with E-state index in [1.54, 1.807) is 0 Å². The van der Waals surface area contributed by atoms with Crippen LogP contribution >= 0.6 is 0 Å². The van der Waals surface area contributed by atoms with Crippen molar-refractivity contribution in [2.24, 2.45) is 16.6 Å². The van der Waals surface area contributed by atoms with Gasteiger partial charge in [-0.05, 0) is 26.7 Å². The number of aromatic nitrogens is 3. The van der Waals surface area contributed by atoms with Gasteiger partial charge in [0.1, 0.15) is 11.9 Å². The summed E-state index contributed by atoms with van der Waals surface area (Å²) in [4.78, 5) is 8.59. The van der Waals surface area contributed by atoms with Crippen LogP contribution in [0.25, 0.3) is 0 Å². The fourth-order valence-corrected chi connectivity index (χ4v) is 1.31. The minimum absolute atomic E-state index is 0.0412. The number of amidine groups is 1. The van der Waals surface area contributed by atoms with Crippen LogP contribution in [0.1, 0.15) is 37.5 Å². The summed E-state index contributed by atoms with van der Waals surface area (Å²) < 4.78 is 0. The van der Waals surface area contributed by atoms with Gasteiger partial charge in [-0.2, -0.15) is 5.10 Å². The van der Waals surface area contributed by atoms with Crippen molar-refractivity contribution in [3.05, 3.63) is 11.6 Å². The number of aliphatic imine (C=N–C) groups is 1. The summed E-state index contributed by atoms with van der Waals surface area (Å²) in [6.45, 7) is 3.83. The molecule has 5 heteroatoms. The second kappa shape index (κ2) is 3.40. The van der Waals surface area contributed by atoms with Crippen molar-refractivity contribution in [2.75, 3.05) is 0 Å². The monoisotopic (exact) mass is 193 g/mol. The summed E-state index contributed by atoms with van der Waals surface area (Å²) in [5.74, 6) is 2.79. The van der Waals surface area contributed by atoms with Crippen LogP contribution in [0.15, 0.2) is 4.99 Å². The maximum absolute atomic E-state index is 5.81. The maximum Gasteiger partial charge on any atom is 0.174 e. The molecule has 76 valence electrons. The predicted molar refractivity (Wildman–Crippen MR) is 53.9 cm³/mol. The Morgan fingerprint density at radius 1 is 1.64 bits per heavy atom. The molecule has 2 rings (SSSR count). The summed E-state index contributed by atoms with van der Waals surface area (Å²) in [6.07, 6.45) is 2.35. The number of rotatable bonds is 3. The summed E-state index contributed by atoms with van der Waals surface area (Å²) >= 11 is 0. The third-order valence-corrected chi connectivity index (χ3v) is 2.33. The average Bonchev–Trinajstić information content (AvgIpc) is 2.89. The van der Waals surface area contributed by atoms with E-state index in [0.717, 1.165) is 11.7 Å². The van der Waals surface area contributed by atoms with Gasteiger partial charge in [-0.15, -0.1) is 0 Å². The third kappa shape index (κ3) is 1.92. The van der Waals surface area contributed by atoms with Gasteiger partial charge in [0.2, 0.25) is 0 Å². The minimum atomic E-state index is -0.0412. The Balaban J connectivity index is 2.07. The van der Waals surface area contributed by atoms with E-state index in [9.17, 15) is 0 Å². The van der Waals surface area contributed by atoms with Gasteiger partial charge in [-0.3, -0.25) is 10.1 Å². The number of aryl methyl sites for hydroxylation is 1. The molecule has 1 fully saturated rings. The largest absolute Gasteiger partial charge is 0.387 e. The molecule has 0 radical (unpaired) electrons. The quantitative estimate of drug-likeness (QED) is 0.553. The molecule has 3 N–H and O–H groups in total. The van der Waals surface area contributed by atoms with E-state index in [1.165, 1.54) is 12.8 Å². The highest BCUT2D eigenvalue weighted by Crippen LogP contribution is 2.29. The zero-order valence-electron chi connectivity index (χ0n) is 8.49. The Morgan fingerprint density at radius 3 is 2.86 bits per heavy atom. The van der Waals surface area contributed by atoms with Crippen molar-refractivity contribution in [1.29, 1.82) is 0 Å². The van der Waals surface area contributed by atoms with Crippen LogP contribution in [0.4, 0.5) is 0 Å². The molecule has 0 bridgehead atoms. The van der Waals surface area contributed by atoms with Gasteiger partial charge in [0.05, 0.1) is 5.84 Å². The molecule has 1 heterocycles. The van der Waals surface area contributed by atoms with E-state index in [-0.39, 0.29) is 6.04 Å². The molecule has 14 heavy (non-hydrogen) atoms. The Labute approximate surface area is 82.8 Å². The standard InChI is InChI=1S/C9H15N5/c1-5(9-12-6(2)13-14-9)11-8(10)7-3-4-7/h5,7H,3-4H2,1-2H3,(H2,10,11)(H,12,13,14). The van der Waals surface area contributed by atoms with E-state index >= 15 is 0 Å². The molecular weight excluding hydrogens is 178 g/mol. The van der Waals surface area contributed by atoms with E-state index in [4.69, 9.17) is 5.73 Å². The van der Waals surface area contributed by atoms with Crippen molar-refractivity contribution in [1.82, 2.24) is 15.2 Å². The second-order valence-electron chi connectivity index (χ2n) is 3.78. The molecule has 1 aromatic heterocycles. The first-order valence-corrected chi connectivity index (χ1v) is 4.89. The lowest BCUT2D eigenvalue weighted by atomic mass is 10.3. The molecule has 0 aliphatic heterocycles. The van der Waals surface area contributed by atoms with Gasteiger partial charge in [0.15, 0.2) is 5.82 Å². The topological polar surface area (TPSA) is 79.9 Å². The maximum atomic E-state index is 5.81. The number of aromatic amines is 1. The summed E-state index contributed by atoms with van der Waals surface area (Å²) in [7, 11) is 0. The highest BCUT2D eigenvalue weighted by Gasteiger charge is 2.26. The molecule has 1 unspecified atom stereocenters. The Morgan fingerprint density at radius 2 is 2.36 bits per heavy atom. The molecule has 1 aliphatic carbocycles. The first-order valence-electron chi connectivity index (χ1n) is 4.89. The predicted octanol–water partition coefficient (Wildman–Crippen LogP) is 0.941. The van der Waals surface area contributed by atoms with Crippen molar-refractivity contribution in [2.45, 2.75) is 32.7 Å². The fraction of sp³-hybridized carbons (Fsp3) is 0.667. The highest BCUT2D eigenvalue weighted by atomic mass is 15.2. The molecule has 0 amide bonds. The average molecular weight is 193 g/mol. The van der Waals surface area contributed by atoms with Gasteiger partial charge in [-0.1, -0.05) is 0 Å². The number of hydrogen-bond acceptors (Lipinski definition) is 3. The Bertz CT molecular complexity index is 350. The smallest absolute Gasteiger partial charge is 0.174 e. The van der Waals surface area contributed by atoms with Crippen LogP contribution in [-0.2, 0) is 0 Å². The van der Waals surface area contributed by atoms with Crippen molar-refractivity contribution in [3.63, 3.8) is 0 Å². The van der Waals surface area contributed by atoms with Crippen molar-refractivity contribution < 1.29 is 0 Å². The molecular formula is C9H15N5. The molecule has 1 aromatic rings. The van der Waals surface area contributed by atoms with Crippen molar-refractivity contribution in [3.8, 4) is 0 Å². The SMILES string of the molecule is Cc1nc(C(C)N=C(N)C2CC2)n[nH]1. The zero-order valence-corrected chi connectivity index (χ0v) is 8.49. The van der Waals surface area contributed by atoms with E-state index in [2.05, 4.69) is 20.2 Å². The summed E-state index contributed by atoms with van der Waals surface area (Å²) in [5.41, 5.74) is 5.81. The zero-order chi connectivity index (χ0) is 10.1. The third-order valence-electron chi connectivity index (χ3n) is 2.33. The van der Waals surface area contributed by atoms with Crippen LogP contribution in [0, 0.1) is 12.8 Å². The Hall–Kier alpha value is -1.39. The molecule has 5 nitrogen and oxygen atoms in total. The number of nitrogens with two attached hydrogens (primary N) is 1. The van der Waals surface area contributed by atoms with Crippen LogP contribution in [0.2, 0.25) is 0 Å². The molecule has 1 atom stereocenters. The van der Waals surface area contributed by atoms with Gasteiger partial charge in [0, 0.05) is 5.92 Å². The molecule has 0 aromatic carbocycles. The first-order chi connectivity index (χ1) is 6.66. The van der Waals surface area contributed by atoms with Crippen LogP contribution in [-0.4, -0.2) is 21.0 Å². The van der Waals surface area contributed by atoms with E-state index < -0.39 is 0 Å². The van der Waals surface area contributed by atoms with Crippen LogP contribution in [0.5, 0.6) is 0 Å². The van der Waals surface area contributed by atoms with Crippen LogP contribution in [0.3, 0.4) is 0 Å². The minimum Gasteiger partial charge on any atom is -0.387 e. The van der Waals surface area contributed by atoms with Gasteiger partial charge >= 0.3 is 0 Å². The van der Waals surface area contributed by atoms with E-state index in [0.29, 0.717) is 11.7 Å². The van der Waals surface area contributed by atoms with Gasteiger partial charge in [-0.25, -0.2) is 4.98 Å². The van der Waals surface area contributed by atoms with Gasteiger partial charge < -0.3 is 5.73 Å². The fourth-order valence-electron chi connectivity index (χ4n) is 1.31. The molecule has 1 saturated carbocycles. The summed E-state index contributed by atoms with van der Waals surface area (Å²) in [6, 6.07) is -0.0412. The Kier molecular flexibility index (Phi) is 2.23. The van der Waals surface area contributed by atoms with Crippen LogP contribution < -0.4 is 5.73 Å². The molecule has 0 saturated heterocycles. The number of hydrogen-bond donors (Lipinski definition) is 2. The molecule has 0 spiro atoms. The lowest BCUT2D eigenvalue weighted by Crippen LogP contribution is -2.15. The lowest BCUT2D eigenvalue weighted by molar-refractivity contribution is 0.740.